The largest absolute Gasteiger partial charge is 0.384 e. The Balaban J connectivity index is 2.06. The maximum absolute atomic E-state index is 11.8. The van der Waals surface area contributed by atoms with Gasteiger partial charge in [-0.15, -0.1) is 0 Å². The van der Waals surface area contributed by atoms with Crippen LogP contribution in [-0.4, -0.2) is 32.6 Å². The number of nitrogens with zero attached hydrogens (tertiary/aromatic N) is 3. The molecule has 6 nitrogen and oxygen atoms in total. The van der Waals surface area contributed by atoms with Gasteiger partial charge in [0.1, 0.15) is 12.3 Å². The summed E-state index contributed by atoms with van der Waals surface area (Å²) < 4.78 is 0. The first-order valence-electron chi connectivity index (χ1n) is 5.34. The van der Waals surface area contributed by atoms with Crippen LogP contribution in [0.4, 0.5) is 5.13 Å². The number of thiazole rings is 1. The first kappa shape index (κ1) is 13.1. The van der Waals surface area contributed by atoms with Gasteiger partial charge in [-0.05, 0) is 6.92 Å². The lowest BCUT2D eigenvalue weighted by molar-refractivity contribution is 0.102. The van der Waals surface area contributed by atoms with Crippen molar-refractivity contribution < 1.29 is 9.90 Å². The third kappa shape index (κ3) is 3.58. The molecule has 0 aliphatic rings. The first-order valence-corrected chi connectivity index (χ1v) is 6.16. The highest BCUT2D eigenvalue weighted by atomic mass is 32.1. The second kappa shape index (κ2) is 6.04. The molecule has 1 amide bonds. The van der Waals surface area contributed by atoms with Crippen molar-refractivity contribution in [2.75, 3.05) is 11.9 Å². The average Bonchev–Trinajstić information content (AvgIpc) is 2.84. The summed E-state index contributed by atoms with van der Waals surface area (Å²) in [4.78, 5) is 24.5. The standard InChI is InChI=1S/C12H10N4O2S/c1-8-5-14-10(7-13-8)11(18)16-12-15-6-9(19-12)3-2-4-17/h5-7,17H,4H2,1H3,(H,15,16,18). The Labute approximate surface area is 113 Å². The molecule has 2 heterocycles. The fourth-order valence-corrected chi connectivity index (χ4v) is 1.87. The van der Waals surface area contributed by atoms with Gasteiger partial charge in [-0.2, -0.15) is 0 Å². The van der Waals surface area contributed by atoms with Gasteiger partial charge in [0.05, 0.1) is 23.0 Å². The summed E-state index contributed by atoms with van der Waals surface area (Å²) in [5, 5.41) is 11.6. The Hall–Kier alpha value is -2.30. The summed E-state index contributed by atoms with van der Waals surface area (Å²) in [6.45, 7) is 1.58. The summed E-state index contributed by atoms with van der Waals surface area (Å²) in [5.41, 5.74) is 0.969. The smallest absolute Gasteiger partial charge is 0.277 e. The summed E-state index contributed by atoms with van der Waals surface area (Å²) >= 11 is 1.22. The molecule has 0 saturated carbocycles. The van der Waals surface area contributed by atoms with Gasteiger partial charge in [-0.1, -0.05) is 23.2 Å². The van der Waals surface area contributed by atoms with Crippen LogP contribution in [0.15, 0.2) is 18.6 Å². The van der Waals surface area contributed by atoms with Crippen LogP contribution < -0.4 is 5.32 Å². The van der Waals surface area contributed by atoms with E-state index in [9.17, 15) is 4.79 Å². The third-order valence-corrected chi connectivity index (χ3v) is 2.86. The molecule has 2 aromatic heterocycles. The van der Waals surface area contributed by atoms with Crippen LogP contribution in [0, 0.1) is 18.8 Å². The Morgan fingerprint density at radius 3 is 2.89 bits per heavy atom. The third-order valence-electron chi connectivity index (χ3n) is 2.03. The number of aliphatic hydroxyl groups is 1. The van der Waals surface area contributed by atoms with Crippen molar-refractivity contribution >= 4 is 22.4 Å². The fourth-order valence-electron chi connectivity index (χ4n) is 1.19. The molecular formula is C12H10N4O2S. The molecule has 7 heteroatoms. The number of carbonyl (C=O) groups excluding carboxylic acids is 1. The molecule has 2 rings (SSSR count). The number of nitrogens with one attached hydrogen (secondary N) is 1. The van der Waals surface area contributed by atoms with Gasteiger partial charge in [-0.3, -0.25) is 15.1 Å². The van der Waals surface area contributed by atoms with Crippen LogP contribution in [0.5, 0.6) is 0 Å². The van der Waals surface area contributed by atoms with Crippen molar-refractivity contribution in [3.05, 3.63) is 34.9 Å². The normalized spacial score (nSPS) is 9.58. The van der Waals surface area contributed by atoms with Crippen LogP contribution in [0.1, 0.15) is 21.1 Å². The van der Waals surface area contributed by atoms with Crippen molar-refractivity contribution in [1.29, 1.82) is 0 Å². The summed E-state index contributed by atoms with van der Waals surface area (Å²) in [6, 6.07) is 0. The molecule has 2 aromatic rings. The van der Waals surface area contributed by atoms with Gasteiger partial charge in [-0.25, -0.2) is 9.97 Å². The lowest BCUT2D eigenvalue weighted by Gasteiger charge is -2.00. The zero-order valence-corrected chi connectivity index (χ0v) is 10.9. The van der Waals surface area contributed by atoms with Gasteiger partial charge in [0.15, 0.2) is 5.13 Å². The quantitative estimate of drug-likeness (QED) is 0.792. The van der Waals surface area contributed by atoms with E-state index in [2.05, 4.69) is 32.1 Å². The number of aryl methyl sites for hydroxylation is 1. The van der Waals surface area contributed by atoms with Crippen molar-refractivity contribution in [2.45, 2.75) is 6.92 Å². The number of hydrogen-bond acceptors (Lipinski definition) is 6. The van der Waals surface area contributed by atoms with Gasteiger partial charge < -0.3 is 5.11 Å². The van der Waals surface area contributed by atoms with E-state index in [1.54, 1.807) is 6.92 Å². The second-order valence-corrected chi connectivity index (χ2v) is 4.52. The molecule has 0 aromatic carbocycles. The minimum atomic E-state index is -0.372. The topological polar surface area (TPSA) is 88.0 Å². The average molecular weight is 274 g/mol. The Kier molecular flexibility index (Phi) is 4.18. The maximum Gasteiger partial charge on any atom is 0.277 e. The van der Waals surface area contributed by atoms with Crippen LogP contribution >= 0.6 is 11.3 Å². The van der Waals surface area contributed by atoms with Crippen molar-refractivity contribution in [2.24, 2.45) is 0 Å². The molecule has 0 fully saturated rings. The van der Waals surface area contributed by atoms with Crippen LogP contribution in [-0.2, 0) is 0 Å². The van der Waals surface area contributed by atoms with Crippen molar-refractivity contribution in [3.8, 4) is 11.8 Å². The van der Waals surface area contributed by atoms with Gasteiger partial charge in [0.2, 0.25) is 0 Å². The number of anilines is 1. The zero-order valence-electron chi connectivity index (χ0n) is 10.0. The van der Waals surface area contributed by atoms with Gasteiger partial charge in [0, 0.05) is 6.20 Å². The summed E-state index contributed by atoms with van der Waals surface area (Å²) in [5.74, 6) is 4.85. The lowest BCUT2D eigenvalue weighted by Crippen LogP contribution is -2.13. The number of hydrogen-bond donors (Lipinski definition) is 2. The van der Waals surface area contributed by atoms with Crippen LogP contribution in [0.2, 0.25) is 0 Å². The SMILES string of the molecule is Cc1cnc(C(=O)Nc2ncc(C#CCO)s2)cn1. The van der Waals surface area contributed by atoms with E-state index in [1.807, 2.05) is 0 Å². The van der Waals surface area contributed by atoms with E-state index in [0.29, 0.717) is 10.0 Å². The Morgan fingerprint density at radius 2 is 2.21 bits per heavy atom. The number of aliphatic hydroxyl groups excluding tert-OH is 1. The maximum atomic E-state index is 11.8. The molecule has 0 atom stereocenters. The molecular weight excluding hydrogens is 264 g/mol. The molecule has 0 bridgehead atoms. The highest BCUT2D eigenvalue weighted by molar-refractivity contribution is 7.16. The minimum Gasteiger partial charge on any atom is -0.384 e. The summed E-state index contributed by atoms with van der Waals surface area (Å²) in [6.07, 6.45) is 4.46. The molecule has 0 radical (unpaired) electrons. The molecule has 19 heavy (non-hydrogen) atoms. The van der Waals surface area contributed by atoms with E-state index >= 15 is 0 Å². The highest BCUT2D eigenvalue weighted by Gasteiger charge is 2.10. The predicted octanol–water partition coefficient (Wildman–Crippen LogP) is 0.838. The molecule has 96 valence electrons. The van der Waals surface area contributed by atoms with Crippen molar-refractivity contribution in [1.82, 2.24) is 15.0 Å². The Morgan fingerprint density at radius 1 is 1.37 bits per heavy atom. The predicted molar refractivity (Wildman–Crippen MR) is 70.8 cm³/mol. The summed E-state index contributed by atoms with van der Waals surface area (Å²) in [7, 11) is 0. The highest BCUT2D eigenvalue weighted by Crippen LogP contribution is 2.17. The first-order chi connectivity index (χ1) is 9.19. The molecule has 0 aliphatic carbocycles. The van der Waals surface area contributed by atoms with E-state index in [4.69, 9.17) is 5.11 Å². The molecule has 2 N–H and O–H groups in total. The van der Waals surface area contributed by atoms with E-state index in [1.165, 1.54) is 29.9 Å². The van der Waals surface area contributed by atoms with Crippen molar-refractivity contribution in [3.63, 3.8) is 0 Å². The van der Waals surface area contributed by atoms with E-state index in [-0.39, 0.29) is 18.2 Å². The molecule has 0 unspecified atom stereocenters. The number of rotatable bonds is 2. The number of aromatic nitrogens is 3. The molecule has 0 spiro atoms. The second-order valence-electron chi connectivity index (χ2n) is 3.49. The van der Waals surface area contributed by atoms with Crippen LogP contribution in [0.25, 0.3) is 0 Å². The monoisotopic (exact) mass is 274 g/mol. The Bertz CT molecular complexity index is 640. The molecule has 0 saturated heterocycles. The van der Waals surface area contributed by atoms with Gasteiger partial charge >= 0.3 is 0 Å². The zero-order chi connectivity index (χ0) is 13.7. The molecule has 0 aliphatic heterocycles. The fraction of sp³-hybridized carbons (Fsp3) is 0.167. The van der Waals surface area contributed by atoms with Gasteiger partial charge in [0.25, 0.3) is 5.91 Å². The lowest BCUT2D eigenvalue weighted by atomic mass is 10.4. The number of amides is 1. The van der Waals surface area contributed by atoms with E-state index < -0.39 is 0 Å². The number of carbonyl (C=O) groups is 1. The van der Waals surface area contributed by atoms with Crippen LogP contribution in [0.3, 0.4) is 0 Å². The minimum absolute atomic E-state index is 0.210. The van der Waals surface area contributed by atoms with E-state index in [0.717, 1.165) is 5.69 Å².